The van der Waals surface area contributed by atoms with Gasteiger partial charge in [0.2, 0.25) is 0 Å². The van der Waals surface area contributed by atoms with Gasteiger partial charge in [-0.1, -0.05) is 0 Å². The van der Waals surface area contributed by atoms with Crippen molar-refractivity contribution in [2.24, 2.45) is 0 Å². The Morgan fingerprint density at radius 2 is 2.00 bits per heavy atom. The van der Waals surface area contributed by atoms with E-state index in [-0.39, 0.29) is 0 Å². The van der Waals surface area contributed by atoms with Gasteiger partial charge in [0.25, 0.3) is 0 Å². The number of morpholine rings is 1. The van der Waals surface area contributed by atoms with E-state index in [1.165, 1.54) is 12.8 Å². The number of nitrogens with zero attached hydrogens (tertiary/aromatic N) is 1. The Morgan fingerprint density at radius 1 is 1.30 bits per heavy atom. The van der Waals surface area contributed by atoms with E-state index < -0.39 is 0 Å². The summed E-state index contributed by atoms with van der Waals surface area (Å²) in [7, 11) is 0. The van der Waals surface area contributed by atoms with Gasteiger partial charge in [0.15, 0.2) is 0 Å². The molecule has 1 aliphatic carbocycles. The Bertz CT molecular complexity index is 106. The van der Waals surface area contributed by atoms with Crippen molar-refractivity contribution in [3.63, 3.8) is 0 Å². The van der Waals surface area contributed by atoms with E-state index in [1.807, 2.05) is 0 Å². The first-order chi connectivity index (χ1) is 4.97. The second kappa shape index (κ2) is 2.89. The lowest BCUT2D eigenvalue weighted by Gasteiger charge is -2.39. The molecule has 2 aliphatic rings. The summed E-state index contributed by atoms with van der Waals surface area (Å²) in [5.41, 5.74) is 0. The molecule has 1 unspecified atom stereocenters. The van der Waals surface area contributed by atoms with Gasteiger partial charge in [0.1, 0.15) is 0 Å². The lowest BCUT2D eigenvalue weighted by Crippen LogP contribution is -2.46. The van der Waals surface area contributed by atoms with Crippen LogP contribution in [0.15, 0.2) is 0 Å². The van der Waals surface area contributed by atoms with E-state index in [2.05, 4.69) is 11.3 Å². The van der Waals surface area contributed by atoms with Crippen LogP contribution in [0.4, 0.5) is 0 Å². The largest absolute Gasteiger partial charge is 0.379 e. The molecule has 0 aromatic carbocycles. The molecule has 0 aromatic rings. The summed E-state index contributed by atoms with van der Waals surface area (Å²) in [6.07, 6.45) is 5.10. The molecule has 10 heavy (non-hydrogen) atoms. The van der Waals surface area contributed by atoms with Crippen molar-refractivity contribution in [2.75, 3.05) is 26.3 Å². The van der Waals surface area contributed by atoms with Gasteiger partial charge in [-0.05, 0) is 19.3 Å². The molecular weight excluding hydrogens is 126 g/mol. The zero-order valence-electron chi connectivity index (χ0n) is 6.25. The average molecular weight is 140 g/mol. The quantitative estimate of drug-likeness (QED) is 0.531. The monoisotopic (exact) mass is 140 g/mol. The minimum atomic E-state index is 0.795. The summed E-state index contributed by atoms with van der Waals surface area (Å²) in [6.45, 7) is 4.15. The lowest BCUT2D eigenvalue weighted by atomic mass is 9.91. The molecular formula is C8H14NO. The maximum Gasteiger partial charge on any atom is 0.0594 e. The van der Waals surface area contributed by atoms with Crippen molar-refractivity contribution in [3.8, 4) is 0 Å². The van der Waals surface area contributed by atoms with Gasteiger partial charge in [-0.3, -0.25) is 4.90 Å². The highest BCUT2D eigenvalue weighted by atomic mass is 16.5. The smallest absolute Gasteiger partial charge is 0.0594 e. The fraction of sp³-hybridized carbons (Fsp3) is 0.875. The highest BCUT2D eigenvalue weighted by molar-refractivity contribution is 4.95. The first-order valence-electron chi connectivity index (χ1n) is 4.12. The zero-order chi connectivity index (χ0) is 6.81. The van der Waals surface area contributed by atoms with Gasteiger partial charge in [-0.15, -0.1) is 0 Å². The van der Waals surface area contributed by atoms with Crippen LogP contribution in [0.2, 0.25) is 0 Å². The van der Waals surface area contributed by atoms with Crippen LogP contribution in [0.25, 0.3) is 0 Å². The summed E-state index contributed by atoms with van der Waals surface area (Å²) in [5, 5.41) is 0. The fourth-order valence-corrected chi connectivity index (χ4v) is 1.56. The Kier molecular flexibility index (Phi) is 1.91. The van der Waals surface area contributed by atoms with Gasteiger partial charge >= 0.3 is 0 Å². The van der Waals surface area contributed by atoms with Crippen LogP contribution in [0.5, 0.6) is 0 Å². The molecule has 1 atom stereocenters. The molecule has 1 radical (unpaired) electrons. The number of ether oxygens (including phenoxy) is 1. The Morgan fingerprint density at radius 3 is 2.50 bits per heavy atom. The predicted octanol–water partition coefficient (Wildman–Crippen LogP) is 0.685. The number of hydrogen-bond acceptors (Lipinski definition) is 2. The Labute approximate surface area is 62.2 Å². The third-order valence-electron chi connectivity index (χ3n) is 2.42. The SMILES string of the molecule is [CH]1CCC1N1CCOCC1. The Balaban J connectivity index is 1.78. The van der Waals surface area contributed by atoms with Gasteiger partial charge in [0, 0.05) is 19.1 Å². The Hall–Kier alpha value is -0.0800. The molecule has 0 spiro atoms. The molecule has 1 saturated heterocycles. The molecule has 2 fully saturated rings. The highest BCUT2D eigenvalue weighted by Gasteiger charge is 2.25. The lowest BCUT2D eigenvalue weighted by molar-refractivity contribution is 0.0126. The normalized spacial score (nSPS) is 30.0. The van der Waals surface area contributed by atoms with Crippen LogP contribution >= 0.6 is 0 Å². The summed E-state index contributed by atoms with van der Waals surface area (Å²) < 4.78 is 5.26. The fourth-order valence-electron chi connectivity index (χ4n) is 1.56. The molecule has 2 rings (SSSR count). The first kappa shape index (κ1) is 6.62. The second-order valence-electron chi connectivity index (χ2n) is 3.03. The number of rotatable bonds is 1. The molecule has 0 N–H and O–H groups in total. The topological polar surface area (TPSA) is 12.5 Å². The van der Waals surface area contributed by atoms with E-state index in [0.717, 1.165) is 32.3 Å². The van der Waals surface area contributed by atoms with Crippen LogP contribution in [0.1, 0.15) is 12.8 Å². The van der Waals surface area contributed by atoms with Crippen molar-refractivity contribution in [1.29, 1.82) is 0 Å². The van der Waals surface area contributed by atoms with Crippen molar-refractivity contribution in [3.05, 3.63) is 6.42 Å². The van der Waals surface area contributed by atoms with Crippen LogP contribution in [-0.4, -0.2) is 37.2 Å². The standard InChI is InChI=1S/C8H14NO/c1-2-8(3-1)9-4-6-10-7-5-9/h2,8H,1,3-7H2. The van der Waals surface area contributed by atoms with Crippen molar-refractivity contribution >= 4 is 0 Å². The van der Waals surface area contributed by atoms with Crippen LogP contribution in [-0.2, 0) is 4.74 Å². The van der Waals surface area contributed by atoms with Gasteiger partial charge < -0.3 is 4.74 Å². The first-order valence-corrected chi connectivity index (χ1v) is 4.12. The van der Waals surface area contributed by atoms with Gasteiger partial charge in [0.05, 0.1) is 13.2 Å². The summed E-state index contributed by atoms with van der Waals surface area (Å²) in [4.78, 5) is 2.52. The average Bonchev–Trinajstić information content (AvgIpc) is 1.86. The predicted molar refractivity (Wildman–Crippen MR) is 39.7 cm³/mol. The number of hydrogen-bond donors (Lipinski definition) is 0. The molecule has 57 valence electrons. The molecule has 1 saturated carbocycles. The van der Waals surface area contributed by atoms with Crippen molar-refractivity contribution < 1.29 is 4.74 Å². The maximum absolute atomic E-state index is 5.26. The summed E-state index contributed by atoms with van der Waals surface area (Å²) >= 11 is 0. The van der Waals surface area contributed by atoms with E-state index in [1.54, 1.807) is 0 Å². The molecule has 0 bridgehead atoms. The summed E-state index contributed by atoms with van der Waals surface area (Å²) in [6, 6.07) is 0.795. The van der Waals surface area contributed by atoms with Gasteiger partial charge in [-0.25, -0.2) is 0 Å². The maximum atomic E-state index is 5.26. The van der Waals surface area contributed by atoms with Crippen molar-refractivity contribution in [1.82, 2.24) is 4.90 Å². The van der Waals surface area contributed by atoms with E-state index in [4.69, 9.17) is 4.74 Å². The highest BCUT2D eigenvalue weighted by Crippen LogP contribution is 2.23. The molecule has 2 heteroatoms. The molecule has 0 aromatic heterocycles. The molecule has 1 heterocycles. The molecule has 1 aliphatic heterocycles. The minimum absolute atomic E-state index is 0.795. The van der Waals surface area contributed by atoms with E-state index >= 15 is 0 Å². The van der Waals surface area contributed by atoms with E-state index in [9.17, 15) is 0 Å². The molecule has 0 amide bonds. The van der Waals surface area contributed by atoms with Crippen molar-refractivity contribution in [2.45, 2.75) is 18.9 Å². The van der Waals surface area contributed by atoms with Gasteiger partial charge in [-0.2, -0.15) is 0 Å². The summed E-state index contributed by atoms with van der Waals surface area (Å²) in [5.74, 6) is 0. The third kappa shape index (κ3) is 1.18. The third-order valence-corrected chi connectivity index (χ3v) is 2.42. The molecule has 2 nitrogen and oxygen atoms in total. The zero-order valence-corrected chi connectivity index (χ0v) is 6.25. The van der Waals surface area contributed by atoms with Crippen LogP contribution < -0.4 is 0 Å². The second-order valence-corrected chi connectivity index (χ2v) is 3.03. The minimum Gasteiger partial charge on any atom is -0.379 e. The van der Waals surface area contributed by atoms with Crippen LogP contribution in [0.3, 0.4) is 0 Å². The van der Waals surface area contributed by atoms with E-state index in [0.29, 0.717) is 0 Å². The van der Waals surface area contributed by atoms with Crippen LogP contribution in [0, 0.1) is 6.42 Å².